The second-order valence-corrected chi connectivity index (χ2v) is 14.4. The maximum Gasteiger partial charge on any atom is 0.319 e. The average Bonchev–Trinajstić information content (AvgIpc) is 3.73. The first-order valence-electron chi connectivity index (χ1n) is 17.0. The smallest absolute Gasteiger partial charge is 0.319 e. The zero-order valence-corrected chi connectivity index (χ0v) is 27.1. The fourth-order valence-electron chi connectivity index (χ4n) is 9.02. The van der Waals surface area contributed by atoms with Crippen molar-refractivity contribution >= 4 is 27.5 Å². The number of anilines is 1. The van der Waals surface area contributed by atoms with E-state index in [9.17, 15) is 18.3 Å². The number of fused-ring (bicyclic) bond motifs is 5. The topological polar surface area (TPSA) is 95.9 Å². The third-order valence-electron chi connectivity index (χ3n) is 11.6. The minimum atomic E-state index is -1.66. The first kappa shape index (κ1) is 31.5. The van der Waals surface area contributed by atoms with Crippen molar-refractivity contribution in [3.05, 3.63) is 59.3 Å². The van der Waals surface area contributed by atoms with E-state index in [1.165, 1.54) is 30.5 Å². The maximum absolute atomic E-state index is 17.0. The molecule has 0 radical (unpaired) electrons. The van der Waals surface area contributed by atoms with E-state index in [-0.39, 0.29) is 76.2 Å². The Morgan fingerprint density at radius 3 is 2.82 bits per heavy atom. The van der Waals surface area contributed by atoms with E-state index in [0.29, 0.717) is 61.8 Å². The number of nitrogens with zero attached hydrogens (tertiary/aromatic N) is 5. The molecule has 258 valence electrons. The molecule has 13 heteroatoms. The number of rotatable bonds is 6. The Morgan fingerprint density at radius 2 is 2.04 bits per heavy atom. The molecular formula is C37H34F4N6O3. The van der Waals surface area contributed by atoms with Crippen LogP contribution in [0.5, 0.6) is 11.8 Å². The highest BCUT2D eigenvalue weighted by atomic mass is 19.3. The van der Waals surface area contributed by atoms with Crippen LogP contribution in [0.1, 0.15) is 37.7 Å². The molecule has 5 aliphatic heterocycles. The summed E-state index contributed by atoms with van der Waals surface area (Å²) in [4.78, 5) is 18.1. The summed E-state index contributed by atoms with van der Waals surface area (Å²) < 4.78 is 71.2. The summed E-state index contributed by atoms with van der Waals surface area (Å²) in [6.45, 7) is 3.48. The standard InChI is InChI=1S/C37H34F4N6O3/c1-2-25-28(38)5-4-20-10-24(48)11-26(29(20)25)31-30(39)32-27(13-42-31)34(46-15-23-6-8-37(18-46,45-23)22-16-49-17-22)44-35(43-32)50-19-36-7-3-9-47(36)14-21(12-36)33(40)41/h1,4-5,10-11,13,22-23,45,48H,3,6-9,12,14-19H2/t23?,36-,37?/m0/s1. The number of nitrogens with one attached hydrogen (secondary N) is 1. The van der Waals surface area contributed by atoms with Crippen molar-refractivity contribution in [2.24, 2.45) is 5.92 Å². The Labute approximate surface area is 285 Å². The molecule has 9 nitrogen and oxygen atoms in total. The molecule has 3 atom stereocenters. The number of phenolic OH excluding ortho intramolecular Hbond substituents is 1. The summed E-state index contributed by atoms with van der Waals surface area (Å²) in [6, 6.07) is 5.51. The Morgan fingerprint density at radius 1 is 1.18 bits per heavy atom. The van der Waals surface area contributed by atoms with Crippen molar-refractivity contribution in [1.82, 2.24) is 25.2 Å². The number of hydrogen-bond acceptors (Lipinski definition) is 9. The number of halogens is 4. The van der Waals surface area contributed by atoms with E-state index < -0.39 is 23.3 Å². The summed E-state index contributed by atoms with van der Waals surface area (Å²) in [5.74, 6) is 1.50. The largest absolute Gasteiger partial charge is 0.508 e. The van der Waals surface area contributed by atoms with Gasteiger partial charge in [0.2, 0.25) is 0 Å². The predicted octanol–water partition coefficient (Wildman–Crippen LogP) is 5.54. The van der Waals surface area contributed by atoms with Crippen LogP contribution in [-0.2, 0) is 4.74 Å². The normalized spacial score (nSPS) is 26.4. The van der Waals surface area contributed by atoms with Crippen molar-refractivity contribution < 1.29 is 32.1 Å². The number of aromatic nitrogens is 3. The lowest BCUT2D eigenvalue weighted by atomic mass is 9.80. The van der Waals surface area contributed by atoms with E-state index in [1.807, 2.05) is 4.90 Å². The number of ether oxygens (including phenoxy) is 2. The molecule has 2 unspecified atom stereocenters. The van der Waals surface area contributed by atoms with Gasteiger partial charge in [0.25, 0.3) is 6.08 Å². The summed E-state index contributed by atoms with van der Waals surface area (Å²) in [7, 11) is 0. The molecule has 0 aliphatic carbocycles. The number of benzene rings is 2. The van der Waals surface area contributed by atoms with Crippen molar-refractivity contribution in [2.75, 3.05) is 50.9 Å². The Hall–Kier alpha value is -4.51. The number of pyridine rings is 1. The molecule has 0 saturated carbocycles. The quantitative estimate of drug-likeness (QED) is 0.201. The van der Waals surface area contributed by atoms with Crippen LogP contribution in [0.15, 0.2) is 42.1 Å². The molecule has 2 aromatic heterocycles. The highest BCUT2D eigenvalue weighted by Gasteiger charge is 2.52. The van der Waals surface area contributed by atoms with E-state index in [1.54, 1.807) is 0 Å². The molecule has 50 heavy (non-hydrogen) atoms. The van der Waals surface area contributed by atoms with Gasteiger partial charge in [-0.3, -0.25) is 9.88 Å². The zero-order chi connectivity index (χ0) is 34.4. The molecule has 5 aliphatic rings. The first-order chi connectivity index (χ1) is 24.2. The molecular weight excluding hydrogens is 652 g/mol. The second kappa shape index (κ2) is 11.5. The molecule has 5 saturated heterocycles. The summed E-state index contributed by atoms with van der Waals surface area (Å²) in [5, 5.41) is 15.4. The number of phenols is 1. The predicted molar refractivity (Wildman–Crippen MR) is 178 cm³/mol. The van der Waals surface area contributed by atoms with Gasteiger partial charge in [0.05, 0.1) is 29.7 Å². The van der Waals surface area contributed by atoms with E-state index in [0.717, 1.165) is 19.3 Å². The van der Waals surface area contributed by atoms with Crippen LogP contribution >= 0.6 is 0 Å². The van der Waals surface area contributed by atoms with Crippen LogP contribution in [0.25, 0.3) is 32.9 Å². The SMILES string of the molecule is C#Cc1c(F)ccc2cc(O)cc(-c3ncc4c(N5CC6CCC(C7COC7)(C5)N6)nc(OC[C@@]56CCCN5CC(=C(F)F)C6)nc4c3F)c12. The van der Waals surface area contributed by atoms with Gasteiger partial charge in [-0.15, -0.1) is 6.42 Å². The van der Waals surface area contributed by atoms with Gasteiger partial charge in [-0.1, -0.05) is 12.0 Å². The van der Waals surface area contributed by atoms with Gasteiger partial charge in [-0.05, 0) is 62.2 Å². The average molecular weight is 687 g/mol. The van der Waals surface area contributed by atoms with Gasteiger partial charge >= 0.3 is 6.01 Å². The van der Waals surface area contributed by atoms with Crippen LogP contribution in [0.4, 0.5) is 23.4 Å². The van der Waals surface area contributed by atoms with Gasteiger partial charge in [-0.2, -0.15) is 18.7 Å². The summed E-state index contributed by atoms with van der Waals surface area (Å²) in [5.41, 5.74) is -0.923. The van der Waals surface area contributed by atoms with Gasteiger partial charge in [-0.25, -0.2) is 8.78 Å². The molecule has 4 aromatic rings. The maximum atomic E-state index is 17.0. The van der Waals surface area contributed by atoms with Crippen molar-refractivity contribution in [3.63, 3.8) is 0 Å². The monoisotopic (exact) mass is 686 g/mol. The van der Waals surface area contributed by atoms with E-state index >= 15 is 4.39 Å². The summed E-state index contributed by atoms with van der Waals surface area (Å²) in [6.07, 6.45) is 9.21. The Bertz CT molecular complexity index is 2150. The van der Waals surface area contributed by atoms with Gasteiger partial charge < -0.3 is 24.8 Å². The molecule has 2 aromatic carbocycles. The molecule has 0 spiro atoms. The van der Waals surface area contributed by atoms with Gasteiger partial charge in [0, 0.05) is 59.9 Å². The minimum absolute atomic E-state index is 0.0593. The Kier molecular flexibility index (Phi) is 7.25. The van der Waals surface area contributed by atoms with Gasteiger partial charge in [0.15, 0.2) is 5.82 Å². The lowest BCUT2D eigenvalue weighted by Crippen LogP contribution is -2.66. The first-order valence-corrected chi connectivity index (χ1v) is 17.0. The van der Waals surface area contributed by atoms with Crippen molar-refractivity contribution in [1.29, 1.82) is 0 Å². The van der Waals surface area contributed by atoms with Crippen LogP contribution in [0.2, 0.25) is 0 Å². The van der Waals surface area contributed by atoms with E-state index in [2.05, 4.69) is 26.1 Å². The molecule has 0 amide bonds. The van der Waals surface area contributed by atoms with Crippen molar-refractivity contribution in [2.45, 2.75) is 49.2 Å². The third-order valence-corrected chi connectivity index (χ3v) is 11.6. The number of hydrogen-bond donors (Lipinski definition) is 2. The number of terminal acetylenes is 1. The molecule has 5 fully saturated rings. The number of aromatic hydroxyl groups is 1. The molecule has 2 bridgehead atoms. The van der Waals surface area contributed by atoms with Crippen LogP contribution in [0.3, 0.4) is 0 Å². The highest BCUT2D eigenvalue weighted by molar-refractivity contribution is 6.03. The van der Waals surface area contributed by atoms with Crippen LogP contribution in [0, 0.1) is 29.9 Å². The van der Waals surface area contributed by atoms with E-state index in [4.69, 9.17) is 20.9 Å². The lowest BCUT2D eigenvalue weighted by molar-refractivity contribution is -0.0759. The Balaban J connectivity index is 1.18. The molecule has 9 rings (SSSR count). The van der Waals surface area contributed by atoms with Crippen molar-refractivity contribution in [3.8, 4) is 35.4 Å². The summed E-state index contributed by atoms with van der Waals surface area (Å²) >= 11 is 0. The molecule has 7 heterocycles. The van der Waals surface area contributed by atoms with Crippen LogP contribution < -0.4 is 15.0 Å². The fraction of sp³-hybridized carbons (Fsp3) is 0.432. The zero-order valence-electron chi connectivity index (χ0n) is 27.1. The molecule has 2 N–H and O–H groups in total. The fourth-order valence-corrected chi connectivity index (χ4v) is 9.02. The van der Waals surface area contributed by atoms with Gasteiger partial charge in [0.1, 0.15) is 35.2 Å². The minimum Gasteiger partial charge on any atom is -0.508 e. The third kappa shape index (κ3) is 4.83. The number of piperazine rings is 1. The second-order valence-electron chi connectivity index (χ2n) is 14.4. The lowest BCUT2D eigenvalue weighted by Gasteiger charge is -2.49. The highest BCUT2D eigenvalue weighted by Crippen LogP contribution is 2.45. The van der Waals surface area contributed by atoms with Crippen LogP contribution in [-0.4, -0.2) is 88.1 Å².